The SMILES string of the molecule is COCc1cccc(C(CN)N2CCC(C(C)C)CC2)c1. The maximum absolute atomic E-state index is 6.08. The largest absolute Gasteiger partial charge is 0.380 e. The lowest BCUT2D eigenvalue weighted by atomic mass is 9.86. The Kier molecular flexibility index (Phi) is 6.22. The molecule has 1 unspecified atom stereocenters. The molecule has 1 saturated heterocycles. The van der Waals surface area contributed by atoms with Crippen LogP contribution in [0.4, 0.5) is 0 Å². The summed E-state index contributed by atoms with van der Waals surface area (Å²) in [7, 11) is 1.74. The first-order valence-corrected chi connectivity index (χ1v) is 8.17. The number of ether oxygens (including phenoxy) is 1. The van der Waals surface area contributed by atoms with Gasteiger partial charge in [-0.25, -0.2) is 0 Å². The molecule has 0 bridgehead atoms. The van der Waals surface area contributed by atoms with Crippen molar-refractivity contribution in [2.45, 2.75) is 39.3 Å². The molecule has 0 spiro atoms. The molecule has 1 heterocycles. The van der Waals surface area contributed by atoms with Gasteiger partial charge in [0.25, 0.3) is 0 Å². The summed E-state index contributed by atoms with van der Waals surface area (Å²) >= 11 is 0. The van der Waals surface area contributed by atoms with E-state index < -0.39 is 0 Å². The average molecular weight is 290 g/mol. The fourth-order valence-electron chi connectivity index (χ4n) is 3.45. The van der Waals surface area contributed by atoms with E-state index in [0.717, 1.165) is 11.8 Å². The van der Waals surface area contributed by atoms with E-state index in [1.165, 1.54) is 37.1 Å². The van der Waals surface area contributed by atoms with Gasteiger partial charge in [-0.1, -0.05) is 38.1 Å². The number of nitrogens with two attached hydrogens (primary N) is 1. The van der Waals surface area contributed by atoms with Crippen molar-refractivity contribution in [2.75, 3.05) is 26.7 Å². The van der Waals surface area contributed by atoms with Crippen molar-refractivity contribution in [1.82, 2.24) is 4.90 Å². The van der Waals surface area contributed by atoms with Crippen LogP contribution in [0.2, 0.25) is 0 Å². The van der Waals surface area contributed by atoms with Gasteiger partial charge in [-0.15, -0.1) is 0 Å². The molecule has 0 aromatic heterocycles. The van der Waals surface area contributed by atoms with E-state index in [2.05, 4.69) is 43.0 Å². The van der Waals surface area contributed by atoms with Crippen molar-refractivity contribution in [3.63, 3.8) is 0 Å². The van der Waals surface area contributed by atoms with Crippen molar-refractivity contribution in [2.24, 2.45) is 17.6 Å². The number of piperidine rings is 1. The summed E-state index contributed by atoms with van der Waals surface area (Å²) in [6.45, 7) is 8.37. The summed E-state index contributed by atoms with van der Waals surface area (Å²) in [5, 5.41) is 0. The second-order valence-electron chi connectivity index (χ2n) is 6.55. The summed E-state index contributed by atoms with van der Waals surface area (Å²) in [6.07, 6.45) is 2.60. The fraction of sp³-hybridized carbons (Fsp3) is 0.667. The summed E-state index contributed by atoms with van der Waals surface area (Å²) < 4.78 is 5.24. The zero-order chi connectivity index (χ0) is 15.2. The number of methoxy groups -OCH3 is 1. The summed E-state index contributed by atoms with van der Waals surface area (Å²) in [6, 6.07) is 9.02. The van der Waals surface area contributed by atoms with Gasteiger partial charge in [0.15, 0.2) is 0 Å². The summed E-state index contributed by atoms with van der Waals surface area (Å²) in [5.41, 5.74) is 8.64. The van der Waals surface area contributed by atoms with Gasteiger partial charge in [0.2, 0.25) is 0 Å². The number of hydrogen-bond donors (Lipinski definition) is 1. The molecular formula is C18H30N2O. The third-order valence-corrected chi connectivity index (χ3v) is 4.83. The van der Waals surface area contributed by atoms with Crippen LogP contribution < -0.4 is 5.73 Å². The molecule has 118 valence electrons. The Hall–Kier alpha value is -0.900. The van der Waals surface area contributed by atoms with Crippen LogP contribution in [0, 0.1) is 11.8 Å². The van der Waals surface area contributed by atoms with Gasteiger partial charge in [0.05, 0.1) is 6.61 Å². The molecular weight excluding hydrogens is 260 g/mol. The summed E-state index contributed by atoms with van der Waals surface area (Å²) in [5.74, 6) is 1.67. The second-order valence-corrected chi connectivity index (χ2v) is 6.55. The molecule has 1 atom stereocenters. The number of hydrogen-bond acceptors (Lipinski definition) is 3. The highest BCUT2D eigenvalue weighted by atomic mass is 16.5. The van der Waals surface area contributed by atoms with Crippen molar-refractivity contribution in [3.05, 3.63) is 35.4 Å². The molecule has 0 aliphatic carbocycles. The second kappa shape index (κ2) is 7.92. The molecule has 3 heteroatoms. The van der Waals surface area contributed by atoms with Crippen molar-refractivity contribution < 1.29 is 4.74 Å². The van der Waals surface area contributed by atoms with E-state index in [1.807, 2.05) is 0 Å². The first kappa shape index (κ1) is 16.5. The maximum atomic E-state index is 6.08. The minimum absolute atomic E-state index is 0.343. The molecule has 2 rings (SSSR count). The molecule has 1 aromatic rings. The Labute approximate surface area is 129 Å². The normalized spacial score (nSPS) is 19.1. The average Bonchev–Trinajstić information content (AvgIpc) is 2.49. The lowest BCUT2D eigenvalue weighted by molar-refractivity contribution is 0.117. The van der Waals surface area contributed by atoms with Gasteiger partial charge < -0.3 is 10.5 Å². The number of rotatable bonds is 6. The molecule has 21 heavy (non-hydrogen) atoms. The lowest BCUT2D eigenvalue weighted by Gasteiger charge is -2.38. The Morgan fingerprint density at radius 1 is 1.29 bits per heavy atom. The Morgan fingerprint density at radius 2 is 2.00 bits per heavy atom. The Morgan fingerprint density at radius 3 is 2.57 bits per heavy atom. The van der Waals surface area contributed by atoms with Crippen LogP contribution in [-0.4, -0.2) is 31.6 Å². The molecule has 1 aliphatic rings. The maximum Gasteiger partial charge on any atom is 0.0713 e. The highest BCUT2D eigenvalue weighted by molar-refractivity contribution is 5.26. The van der Waals surface area contributed by atoms with E-state index in [9.17, 15) is 0 Å². The van der Waals surface area contributed by atoms with Gasteiger partial charge in [0.1, 0.15) is 0 Å². The van der Waals surface area contributed by atoms with Gasteiger partial charge in [-0.3, -0.25) is 4.90 Å². The van der Waals surface area contributed by atoms with Gasteiger partial charge in [0, 0.05) is 19.7 Å². The quantitative estimate of drug-likeness (QED) is 0.874. The highest BCUT2D eigenvalue weighted by Gasteiger charge is 2.26. The third-order valence-electron chi connectivity index (χ3n) is 4.83. The van der Waals surface area contributed by atoms with E-state index in [-0.39, 0.29) is 0 Å². The van der Waals surface area contributed by atoms with Crippen LogP contribution in [0.3, 0.4) is 0 Å². The van der Waals surface area contributed by atoms with E-state index in [4.69, 9.17) is 10.5 Å². The molecule has 0 radical (unpaired) electrons. The molecule has 3 nitrogen and oxygen atoms in total. The predicted octanol–water partition coefficient (Wildman–Crippen LogP) is 3.20. The Balaban J connectivity index is 2.04. The van der Waals surface area contributed by atoms with Gasteiger partial charge in [-0.2, -0.15) is 0 Å². The standard InChI is InChI=1S/C18H30N2O/c1-14(2)16-7-9-20(10-8-16)18(12-19)17-6-4-5-15(11-17)13-21-3/h4-6,11,14,16,18H,7-10,12-13,19H2,1-3H3. The van der Waals surface area contributed by atoms with Crippen molar-refractivity contribution >= 4 is 0 Å². The van der Waals surface area contributed by atoms with Crippen molar-refractivity contribution in [1.29, 1.82) is 0 Å². The van der Waals surface area contributed by atoms with Crippen LogP contribution in [0.15, 0.2) is 24.3 Å². The number of nitrogens with zero attached hydrogens (tertiary/aromatic N) is 1. The monoisotopic (exact) mass is 290 g/mol. The van der Waals surface area contributed by atoms with Crippen LogP contribution in [0.5, 0.6) is 0 Å². The minimum Gasteiger partial charge on any atom is -0.380 e. The minimum atomic E-state index is 0.343. The van der Waals surface area contributed by atoms with E-state index in [1.54, 1.807) is 7.11 Å². The fourth-order valence-corrected chi connectivity index (χ4v) is 3.45. The molecule has 1 fully saturated rings. The predicted molar refractivity (Wildman–Crippen MR) is 88.1 cm³/mol. The molecule has 0 saturated carbocycles. The van der Waals surface area contributed by atoms with Crippen LogP contribution in [0.1, 0.15) is 43.9 Å². The zero-order valence-corrected chi connectivity index (χ0v) is 13.7. The van der Waals surface area contributed by atoms with Crippen LogP contribution in [0.25, 0.3) is 0 Å². The first-order chi connectivity index (χ1) is 10.2. The van der Waals surface area contributed by atoms with E-state index >= 15 is 0 Å². The Bertz CT molecular complexity index is 425. The first-order valence-electron chi connectivity index (χ1n) is 8.17. The van der Waals surface area contributed by atoms with Crippen LogP contribution >= 0.6 is 0 Å². The smallest absolute Gasteiger partial charge is 0.0713 e. The topological polar surface area (TPSA) is 38.5 Å². The summed E-state index contributed by atoms with van der Waals surface area (Å²) in [4.78, 5) is 2.56. The highest BCUT2D eigenvalue weighted by Crippen LogP contribution is 2.30. The molecule has 0 amide bonds. The van der Waals surface area contributed by atoms with Gasteiger partial charge >= 0.3 is 0 Å². The number of benzene rings is 1. The zero-order valence-electron chi connectivity index (χ0n) is 13.7. The number of likely N-dealkylation sites (tertiary alicyclic amines) is 1. The molecule has 1 aliphatic heterocycles. The third kappa shape index (κ3) is 4.29. The lowest BCUT2D eigenvalue weighted by Crippen LogP contribution is -2.40. The van der Waals surface area contributed by atoms with Gasteiger partial charge in [-0.05, 0) is 48.9 Å². The van der Waals surface area contributed by atoms with Crippen molar-refractivity contribution in [3.8, 4) is 0 Å². The molecule has 2 N–H and O–H groups in total. The molecule has 1 aromatic carbocycles. The van der Waals surface area contributed by atoms with Crippen LogP contribution in [-0.2, 0) is 11.3 Å². The van der Waals surface area contributed by atoms with E-state index in [0.29, 0.717) is 19.2 Å².